The van der Waals surface area contributed by atoms with E-state index in [4.69, 9.17) is 25.1 Å². The van der Waals surface area contributed by atoms with Crippen molar-refractivity contribution in [1.29, 1.82) is 0 Å². The standard InChI is InChI=1S/C53H38N6/c1-52(2)42-16-10-8-14-37(42)39-25-22-34(29-44(39)52)50-54-49(55-51(56-50)35-23-26-40-38-15-9-11-17-43(38)53(3,4)45(40)30-35)33-21-19-31-18-20-32-24-27-46-48(47(32)41(31)28-33)58-59(57-46)36-12-6-5-7-13-36/h5-30H,1-4H3. The van der Waals surface area contributed by atoms with Crippen LogP contribution in [0.5, 0.6) is 0 Å². The zero-order chi connectivity index (χ0) is 39.6. The van der Waals surface area contributed by atoms with Crippen LogP contribution in [0, 0.1) is 0 Å². The summed E-state index contributed by atoms with van der Waals surface area (Å²) in [7, 11) is 0. The molecule has 0 fully saturated rings. The number of hydrogen-bond donors (Lipinski definition) is 0. The van der Waals surface area contributed by atoms with Gasteiger partial charge in [0.2, 0.25) is 0 Å². The summed E-state index contributed by atoms with van der Waals surface area (Å²) in [5, 5.41) is 14.3. The van der Waals surface area contributed by atoms with Gasteiger partial charge in [0, 0.05) is 32.9 Å². The van der Waals surface area contributed by atoms with Crippen molar-refractivity contribution in [3.05, 3.63) is 180 Å². The Morgan fingerprint density at radius 1 is 0.407 bits per heavy atom. The van der Waals surface area contributed by atoms with E-state index in [1.807, 2.05) is 30.3 Å². The van der Waals surface area contributed by atoms with Crippen molar-refractivity contribution in [3.8, 4) is 62.1 Å². The molecule has 6 nitrogen and oxygen atoms in total. The van der Waals surface area contributed by atoms with E-state index in [0.29, 0.717) is 17.5 Å². The van der Waals surface area contributed by atoms with Crippen molar-refractivity contribution in [2.75, 3.05) is 0 Å². The summed E-state index contributed by atoms with van der Waals surface area (Å²) in [6, 6.07) is 56.0. The number of aromatic nitrogens is 6. The molecule has 59 heavy (non-hydrogen) atoms. The van der Waals surface area contributed by atoms with E-state index in [9.17, 15) is 0 Å². The molecule has 0 unspecified atom stereocenters. The van der Waals surface area contributed by atoms with E-state index >= 15 is 0 Å². The maximum absolute atomic E-state index is 5.29. The number of hydrogen-bond acceptors (Lipinski definition) is 5. The van der Waals surface area contributed by atoms with Gasteiger partial charge in [-0.05, 0) is 97.1 Å². The molecule has 0 amide bonds. The van der Waals surface area contributed by atoms with Gasteiger partial charge in [-0.25, -0.2) is 15.0 Å². The molecule has 6 heteroatoms. The minimum atomic E-state index is -0.158. The largest absolute Gasteiger partial charge is 0.208 e. The molecule has 12 rings (SSSR count). The normalized spacial score (nSPS) is 14.4. The predicted octanol–water partition coefficient (Wildman–Crippen LogP) is 12.5. The third kappa shape index (κ3) is 4.96. The van der Waals surface area contributed by atoms with Crippen molar-refractivity contribution in [2.24, 2.45) is 0 Å². The Hall–Kier alpha value is -7.31. The molecule has 10 aromatic rings. The lowest BCUT2D eigenvalue weighted by atomic mass is 9.82. The zero-order valence-corrected chi connectivity index (χ0v) is 33.2. The highest BCUT2D eigenvalue weighted by Crippen LogP contribution is 2.51. The molecule has 8 aromatic carbocycles. The molecule has 0 radical (unpaired) electrons. The van der Waals surface area contributed by atoms with E-state index in [2.05, 4.69) is 155 Å². The van der Waals surface area contributed by atoms with Gasteiger partial charge in [-0.3, -0.25) is 0 Å². The molecule has 0 saturated carbocycles. The minimum absolute atomic E-state index is 0.158. The maximum Gasteiger partial charge on any atom is 0.164 e. The first-order valence-corrected chi connectivity index (χ1v) is 20.3. The predicted molar refractivity (Wildman–Crippen MR) is 239 cm³/mol. The number of benzene rings is 8. The summed E-state index contributed by atoms with van der Waals surface area (Å²) in [4.78, 5) is 17.6. The number of para-hydroxylation sites is 1. The Kier molecular flexibility index (Phi) is 6.93. The summed E-state index contributed by atoms with van der Waals surface area (Å²) in [5.74, 6) is 1.91. The van der Waals surface area contributed by atoms with Crippen molar-refractivity contribution in [1.82, 2.24) is 29.9 Å². The Morgan fingerprint density at radius 3 is 1.49 bits per heavy atom. The quantitative estimate of drug-likeness (QED) is 0.167. The van der Waals surface area contributed by atoms with E-state index in [1.54, 1.807) is 4.80 Å². The highest BCUT2D eigenvalue weighted by atomic mass is 15.5. The molecule has 0 aliphatic heterocycles. The second-order valence-electron chi connectivity index (χ2n) is 17.0. The van der Waals surface area contributed by atoms with Crippen LogP contribution in [0.2, 0.25) is 0 Å². The van der Waals surface area contributed by atoms with E-state index in [0.717, 1.165) is 55.0 Å². The van der Waals surface area contributed by atoms with Gasteiger partial charge in [-0.15, -0.1) is 10.2 Å². The minimum Gasteiger partial charge on any atom is -0.208 e. The average Bonchev–Trinajstić information content (AvgIpc) is 3.89. The second kappa shape index (κ2) is 12.1. The maximum atomic E-state index is 5.29. The fourth-order valence-electron chi connectivity index (χ4n) is 9.78. The van der Waals surface area contributed by atoms with Crippen LogP contribution in [-0.2, 0) is 10.8 Å². The second-order valence-corrected chi connectivity index (χ2v) is 17.0. The summed E-state index contributed by atoms with van der Waals surface area (Å²) in [5.41, 5.74) is 15.5. The Labute approximate surface area is 341 Å². The van der Waals surface area contributed by atoms with Crippen molar-refractivity contribution in [2.45, 2.75) is 38.5 Å². The van der Waals surface area contributed by atoms with Gasteiger partial charge in [-0.1, -0.05) is 149 Å². The Balaban J connectivity index is 1.06. The summed E-state index contributed by atoms with van der Waals surface area (Å²) < 4.78 is 0. The smallest absolute Gasteiger partial charge is 0.164 e. The summed E-state index contributed by atoms with van der Waals surface area (Å²) >= 11 is 0. The number of rotatable bonds is 4. The molecule has 0 bridgehead atoms. The third-order valence-electron chi connectivity index (χ3n) is 12.9. The summed E-state index contributed by atoms with van der Waals surface area (Å²) in [6.45, 7) is 9.24. The van der Waals surface area contributed by atoms with Crippen LogP contribution in [0.1, 0.15) is 49.9 Å². The Morgan fingerprint density at radius 2 is 0.881 bits per heavy atom. The van der Waals surface area contributed by atoms with Gasteiger partial charge >= 0.3 is 0 Å². The van der Waals surface area contributed by atoms with Crippen LogP contribution in [0.25, 0.3) is 94.7 Å². The molecule has 2 aliphatic rings. The summed E-state index contributed by atoms with van der Waals surface area (Å²) in [6.07, 6.45) is 0. The molecular formula is C53H38N6. The molecule has 2 heterocycles. The third-order valence-corrected chi connectivity index (χ3v) is 12.9. The van der Waals surface area contributed by atoms with Crippen molar-refractivity contribution in [3.63, 3.8) is 0 Å². The van der Waals surface area contributed by atoms with Gasteiger partial charge in [0.05, 0.1) is 5.69 Å². The molecule has 2 aliphatic carbocycles. The fraction of sp³-hybridized carbons (Fsp3) is 0.113. The molecule has 2 aromatic heterocycles. The first-order valence-electron chi connectivity index (χ1n) is 20.3. The van der Waals surface area contributed by atoms with Crippen LogP contribution in [0.15, 0.2) is 158 Å². The van der Waals surface area contributed by atoms with E-state index in [1.165, 1.54) is 44.5 Å². The molecule has 280 valence electrons. The van der Waals surface area contributed by atoms with Gasteiger partial charge < -0.3 is 0 Å². The molecule has 0 N–H and O–H groups in total. The number of fused-ring (bicyclic) bond motifs is 11. The van der Waals surface area contributed by atoms with Gasteiger partial charge in [0.1, 0.15) is 11.0 Å². The van der Waals surface area contributed by atoms with Gasteiger partial charge in [0.15, 0.2) is 17.5 Å². The van der Waals surface area contributed by atoms with Crippen LogP contribution in [0.3, 0.4) is 0 Å². The average molecular weight is 759 g/mol. The van der Waals surface area contributed by atoms with Gasteiger partial charge in [-0.2, -0.15) is 4.80 Å². The van der Waals surface area contributed by atoms with Crippen molar-refractivity contribution >= 4 is 32.6 Å². The van der Waals surface area contributed by atoms with Crippen LogP contribution < -0.4 is 0 Å². The van der Waals surface area contributed by atoms with E-state index < -0.39 is 0 Å². The lowest BCUT2D eigenvalue weighted by Gasteiger charge is -2.22. The monoisotopic (exact) mass is 758 g/mol. The van der Waals surface area contributed by atoms with Crippen molar-refractivity contribution < 1.29 is 0 Å². The highest BCUT2D eigenvalue weighted by molar-refractivity contribution is 6.18. The molecular weight excluding hydrogens is 721 g/mol. The highest BCUT2D eigenvalue weighted by Gasteiger charge is 2.37. The van der Waals surface area contributed by atoms with Crippen LogP contribution in [0.4, 0.5) is 0 Å². The van der Waals surface area contributed by atoms with Gasteiger partial charge in [0.25, 0.3) is 0 Å². The fourth-order valence-corrected chi connectivity index (χ4v) is 9.78. The first kappa shape index (κ1) is 33.8. The number of nitrogens with zero attached hydrogens (tertiary/aromatic N) is 6. The lowest BCUT2D eigenvalue weighted by molar-refractivity contribution is 0.660. The van der Waals surface area contributed by atoms with Crippen LogP contribution in [-0.4, -0.2) is 29.9 Å². The topological polar surface area (TPSA) is 69.4 Å². The van der Waals surface area contributed by atoms with E-state index in [-0.39, 0.29) is 10.8 Å². The Bertz CT molecular complexity index is 3270. The molecule has 0 atom stereocenters. The molecule has 0 spiro atoms. The SMILES string of the molecule is CC1(C)c2ccccc2-c2ccc(-c3nc(-c4ccc5c(c4)C(C)(C)c4ccccc4-5)nc(-c4ccc5ccc6ccc7nn(-c8ccccc8)nc7c6c5c4)n3)cc21. The molecule has 0 saturated heterocycles. The lowest BCUT2D eigenvalue weighted by Crippen LogP contribution is -2.15. The zero-order valence-electron chi connectivity index (χ0n) is 33.2. The first-order chi connectivity index (χ1) is 28.7. The van der Waals surface area contributed by atoms with Crippen LogP contribution >= 0.6 is 0 Å².